The van der Waals surface area contributed by atoms with E-state index in [1.165, 1.54) is 6.92 Å². The summed E-state index contributed by atoms with van der Waals surface area (Å²) < 4.78 is 38.9. The lowest BCUT2D eigenvalue weighted by atomic mass is 10.3. The summed E-state index contributed by atoms with van der Waals surface area (Å²) in [7, 11) is 0. The van der Waals surface area contributed by atoms with Gasteiger partial charge in [-0.15, -0.1) is 0 Å². The van der Waals surface area contributed by atoms with Crippen molar-refractivity contribution in [1.82, 2.24) is 19.6 Å². The van der Waals surface area contributed by atoms with Gasteiger partial charge in [-0.25, -0.2) is 4.98 Å². The molecule has 0 bridgehead atoms. The van der Waals surface area contributed by atoms with Gasteiger partial charge in [-0.1, -0.05) is 0 Å². The molecule has 0 saturated carbocycles. The lowest BCUT2D eigenvalue weighted by Gasteiger charge is -2.13. The van der Waals surface area contributed by atoms with Gasteiger partial charge in [0.25, 0.3) is 5.78 Å². The molecule has 0 unspecified atom stereocenters. The summed E-state index contributed by atoms with van der Waals surface area (Å²) in [5, 5.41) is 14.8. The monoisotopic (exact) mass is 275 g/mol. The van der Waals surface area contributed by atoms with Crippen LogP contribution in [0.5, 0.6) is 0 Å². The molecule has 19 heavy (non-hydrogen) atoms. The van der Waals surface area contributed by atoms with Crippen LogP contribution >= 0.6 is 0 Å². The first-order valence-electron chi connectivity index (χ1n) is 5.06. The van der Waals surface area contributed by atoms with Crippen molar-refractivity contribution >= 4 is 17.6 Å². The summed E-state index contributed by atoms with van der Waals surface area (Å²) in [6, 6.07) is -0.405. The summed E-state index contributed by atoms with van der Waals surface area (Å²) in [5.41, 5.74) is -1.17. The molecule has 0 aromatic carbocycles. The van der Waals surface area contributed by atoms with Crippen LogP contribution in [-0.2, 0) is 11.0 Å². The molecule has 0 radical (unpaired) electrons. The lowest BCUT2D eigenvalue weighted by molar-refractivity contribution is -0.141. The second kappa shape index (κ2) is 4.37. The van der Waals surface area contributed by atoms with E-state index in [4.69, 9.17) is 5.11 Å². The van der Waals surface area contributed by atoms with Crippen LogP contribution in [0.3, 0.4) is 0 Å². The SMILES string of the molecule is C[C@@H](Nc1cc(C(F)(F)F)nc2ncnn12)C(=O)O. The number of aromatic nitrogens is 4. The zero-order valence-electron chi connectivity index (χ0n) is 9.51. The van der Waals surface area contributed by atoms with Crippen LogP contribution in [-0.4, -0.2) is 36.7 Å². The minimum atomic E-state index is -4.66. The number of carbonyl (C=O) groups is 1. The van der Waals surface area contributed by atoms with Crippen molar-refractivity contribution in [2.75, 3.05) is 5.32 Å². The van der Waals surface area contributed by atoms with E-state index in [9.17, 15) is 18.0 Å². The molecule has 10 heteroatoms. The Bertz CT molecular complexity index is 624. The van der Waals surface area contributed by atoms with E-state index >= 15 is 0 Å². The van der Waals surface area contributed by atoms with Gasteiger partial charge in [0.05, 0.1) is 0 Å². The van der Waals surface area contributed by atoms with Crippen LogP contribution in [0.2, 0.25) is 0 Å². The van der Waals surface area contributed by atoms with Crippen LogP contribution in [0, 0.1) is 0 Å². The number of alkyl halides is 3. The molecule has 1 atom stereocenters. The van der Waals surface area contributed by atoms with Crippen LogP contribution in [0.25, 0.3) is 5.78 Å². The third-order valence-corrected chi connectivity index (χ3v) is 2.28. The summed E-state index contributed by atoms with van der Waals surface area (Å²) in [4.78, 5) is 17.6. The molecule has 2 N–H and O–H groups in total. The largest absolute Gasteiger partial charge is 0.480 e. The zero-order chi connectivity index (χ0) is 14.2. The minimum absolute atomic E-state index is 0.148. The Kier molecular flexibility index (Phi) is 3.00. The summed E-state index contributed by atoms with van der Waals surface area (Å²) in [6.45, 7) is 1.29. The van der Waals surface area contributed by atoms with Crippen LogP contribution < -0.4 is 5.32 Å². The Balaban J connectivity index is 2.51. The number of rotatable bonds is 3. The highest BCUT2D eigenvalue weighted by atomic mass is 19.4. The molecule has 7 nitrogen and oxygen atoms in total. The van der Waals surface area contributed by atoms with E-state index in [2.05, 4.69) is 20.4 Å². The smallest absolute Gasteiger partial charge is 0.433 e. The maximum atomic E-state index is 12.6. The topological polar surface area (TPSA) is 92.4 Å². The number of hydrogen-bond acceptors (Lipinski definition) is 5. The number of halogens is 3. The zero-order valence-corrected chi connectivity index (χ0v) is 9.51. The maximum Gasteiger partial charge on any atom is 0.433 e. The number of fused-ring (bicyclic) bond motifs is 1. The van der Waals surface area contributed by atoms with Crippen molar-refractivity contribution in [3.63, 3.8) is 0 Å². The number of anilines is 1. The predicted molar refractivity (Wildman–Crippen MR) is 56.5 cm³/mol. The first-order valence-corrected chi connectivity index (χ1v) is 5.06. The number of aliphatic carboxylic acids is 1. The summed E-state index contributed by atoms with van der Waals surface area (Å²) in [6.07, 6.45) is -3.63. The lowest BCUT2D eigenvalue weighted by Crippen LogP contribution is -2.27. The second-order valence-corrected chi connectivity index (χ2v) is 3.70. The van der Waals surface area contributed by atoms with Crippen LogP contribution in [0.4, 0.5) is 19.0 Å². The van der Waals surface area contributed by atoms with Gasteiger partial charge >= 0.3 is 12.1 Å². The van der Waals surface area contributed by atoms with E-state index in [0.29, 0.717) is 6.07 Å². The molecule has 2 aromatic rings. The third kappa shape index (κ3) is 2.56. The molecule has 2 rings (SSSR count). The van der Waals surface area contributed by atoms with E-state index in [0.717, 1.165) is 10.8 Å². The first kappa shape index (κ1) is 13.1. The Morgan fingerprint density at radius 2 is 2.21 bits per heavy atom. The van der Waals surface area contributed by atoms with Gasteiger partial charge in [-0.2, -0.15) is 27.8 Å². The van der Waals surface area contributed by atoms with E-state index < -0.39 is 23.9 Å². The fourth-order valence-electron chi connectivity index (χ4n) is 1.34. The Labute approximate surface area is 104 Å². The highest BCUT2D eigenvalue weighted by Gasteiger charge is 2.34. The molecular weight excluding hydrogens is 267 g/mol. The van der Waals surface area contributed by atoms with E-state index in [1.807, 2.05) is 0 Å². The fraction of sp³-hybridized carbons (Fsp3) is 0.333. The molecule has 102 valence electrons. The van der Waals surface area contributed by atoms with E-state index in [-0.39, 0.29) is 11.6 Å². The average molecular weight is 275 g/mol. The molecule has 0 amide bonds. The molecule has 0 aliphatic rings. The summed E-state index contributed by atoms with van der Waals surface area (Å²) in [5.74, 6) is -1.63. The molecule has 2 heterocycles. The Hall–Kier alpha value is -2.39. The van der Waals surface area contributed by atoms with Gasteiger partial charge in [-0.3, -0.25) is 4.79 Å². The van der Waals surface area contributed by atoms with Gasteiger partial charge in [0.15, 0.2) is 5.69 Å². The molecule has 2 aromatic heterocycles. The average Bonchev–Trinajstić information content (AvgIpc) is 2.75. The number of hydrogen-bond donors (Lipinski definition) is 2. The van der Waals surface area contributed by atoms with Gasteiger partial charge in [0, 0.05) is 6.07 Å². The number of nitrogens with zero attached hydrogens (tertiary/aromatic N) is 4. The Morgan fingerprint density at radius 3 is 2.79 bits per heavy atom. The van der Waals surface area contributed by atoms with Crippen molar-refractivity contribution in [3.05, 3.63) is 18.1 Å². The molecule has 0 spiro atoms. The standard InChI is InChI=1S/C9H8F3N5O2/c1-4(7(18)19)15-6-2-5(9(10,11)12)16-8-13-3-14-17(6)8/h2-4,15H,1H3,(H,18,19)/t4-/m1/s1. The van der Waals surface area contributed by atoms with Crippen molar-refractivity contribution < 1.29 is 23.1 Å². The van der Waals surface area contributed by atoms with Crippen LogP contribution in [0.1, 0.15) is 12.6 Å². The van der Waals surface area contributed by atoms with Crippen molar-refractivity contribution in [1.29, 1.82) is 0 Å². The fourth-order valence-corrected chi connectivity index (χ4v) is 1.34. The maximum absolute atomic E-state index is 12.6. The molecule has 0 fully saturated rings. The van der Waals surface area contributed by atoms with Crippen LogP contribution in [0.15, 0.2) is 12.4 Å². The number of carboxylic acids is 1. The van der Waals surface area contributed by atoms with Crippen molar-refractivity contribution in [2.45, 2.75) is 19.1 Å². The van der Waals surface area contributed by atoms with Gasteiger partial charge in [0.1, 0.15) is 18.2 Å². The van der Waals surface area contributed by atoms with Gasteiger partial charge < -0.3 is 10.4 Å². The third-order valence-electron chi connectivity index (χ3n) is 2.28. The van der Waals surface area contributed by atoms with E-state index in [1.54, 1.807) is 0 Å². The summed E-state index contributed by atoms with van der Waals surface area (Å²) >= 11 is 0. The predicted octanol–water partition coefficient (Wildman–Crippen LogP) is 1.03. The first-order chi connectivity index (χ1) is 8.79. The Morgan fingerprint density at radius 1 is 1.53 bits per heavy atom. The van der Waals surface area contributed by atoms with Crippen molar-refractivity contribution in [3.8, 4) is 0 Å². The van der Waals surface area contributed by atoms with Crippen molar-refractivity contribution in [2.24, 2.45) is 0 Å². The van der Waals surface area contributed by atoms with Gasteiger partial charge in [0.2, 0.25) is 0 Å². The van der Waals surface area contributed by atoms with Gasteiger partial charge in [-0.05, 0) is 6.92 Å². The molecule has 0 aliphatic heterocycles. The molecular formula is C9H8F3N5O2. The molecule has 0 aliphatic carbocycles. The number of carboxylic acid groups (broad SMARTS) is 1. The number of nitrogens with one attached hydrogen (secondary N) is 1. The highest BCUT2D eigenvalue weighted by Crippen LogP contribution is 2.29. The highest BCUT2D eigenvalue weighted by molar-refractivity contribution is 5.76. The molecule has 0 saturated heterocycles. The normalized spacial score (nSPS) is 13.5. The quantitative estimate of drug-likeness (QED) is 0.869. The second-order valence-electron chi connectivity index (χ2n) is 3.70. The minimum Gasteiger partial charge on any atom is -0.480 e.